The van der Waals surface area contributed by atoms with E-state index >= 15 is 0 Å². The van der Waals surface area contributed by atoms with E-state index in [0.29, 0.717) is 17.2 Å². The summed E-state index contributed by atoms with van der Waals surface area (Å²) in [6, 6.07) is 10.2. The van der Waals surface area contributed by atoms with E-state index < -0.39 is 18.5 Å². The van der Waals surface area contributed by atoms with E-state index in [9.17, 15) is 14.4 Å². The lowest BCUT2D eigenvalue weighted by atomic mass is 10.1. The predicted octanol–water partition coefficient (Wildman–Crippen LogP) is 2.54. The summed E-state index contributed by atoms with van der Waals surface area (Å²) >= 11 is 6.02. The molecule has 8 nitrogen and oxygen atoms in total. The Bertz CT molecular complexity index is 947. The van der Waals surface area contributed by atoms with Crippen molar-refractivity contribution < 1.29 is 28.6 Å². The maximum atomic E-state index is 12.1. The first kappa shape index (κ1) is 20.5. The Morgan fingerprint density at radius 1 is 1.14 bits per heavy atom. The van der Waals surface area contributed by atoms with Crippen LogP contribution in [0.2, 0.25) is 5.02 Å². The number of aryl methyl sites for hydroxylation is 1. The molecule has 0 saturated carbocycles. The highest BCUT2D eigenvalue weighted by Gasteiger charge is 2.21. The minimum absolute atomic E-state index is 0.0146. The number of hydrogen-bond donors (Lipinski definition) is 2. The number of rotatable bonds is 7. The van der Waals surface area contributed by atoms with Gasteiger partial charge in [0.1, 0.15) is 0 Å². The van der Waals surface area contributed by atoms with Gasteiger partial charge in [0.05, 0.1) is 17.1 Å². The van der Waals surface area contributed by atoms with Crippen LogP contribution in [0.4, 0.5) is 5.69 Å². The Balaban J connectivity index is 1.46. The first-order valence-electron chi connectivity index (χ1n) is 8.88. The summed E-state index contributed by atoms with van der Waals surface area (Å²) < 4.78 is 15.3. The summed E-state index contributed by atoms with van der Waals surface area (Å²) in [5.41, 5.74) is 1.81. The van der Waals surface area contributed by atoms with Gasteiger partial charge in [0.15, 0.2) is 18.1 Å². The number of benzene rings is 2. The van der Waals surface area contributed by atoms with E-state index in [1.165, 1.54) is 12.1 Å². The van der Waals surface area contributed by atoms with E-state index in [2.05, 4.69) is 10.6 Å². The molecule has 1 aliphatic heterocycles. The number of halogens is 1. The number of ether oxygens (including phenoxy) is 3. The normalized spacial score (nSPS) is 11.7. The average Bonchev–Trinajstić information content (AvgIpc) is 3.20. The highest BCUT2D eigenvalue weighted by atomic mass is 35.5. The molecular weight excluding hydrogens is 400 g/mol. The molecule has 0 radical (unpaired) electrons. The molecular formula is C20H19ClN2O6. The number of esters is 1. The number of para-hydroxylation sites is 1. The fourth-order valence-electron chi connectivity index (χ4n) is 2.67. The summed E-state index contributed by atoms with van der Waals surface area (Å²) in [4.78, 5) is 36.0. The largest absolute Gasteiger partial charge is 0.454 e. The van der Waals surface area contributed by atoms with Crippen LogP contribution in [0.1, 0.15) is 22.8 Å². The lowest BCUT2D eigenvalue weighted by Gasteiger charge is -2.10. The van der Waals surface area contributed by atoms with Gasteiger partial charge in [0, 0.05) is 5.69 Å². The SMILES string of the molecule is CCc1ccccc1NC(=O)CNC(=O)COC(=O)c1cc(Cl)c2c(c1)OCO2. The Hall–Kier alpha value is -3.26. The van der Waals surface area contributed by atoms with Gasteiger partial charge in [-0.05, 0) is 30.2 Å². The van der Waals surface area contributed by atoms with Crippen molar-refractivity contribution in [1.82, 2.24) is 5.32 Å². The molecule has 1 heterocycles. The van der Waals surface area contributed by atoms with E-state index in [1.807, 2.05) is 25.1 Å². The number of fused-ring (bicyclic) bond motifs is 1. The zero-order valence-electron chi connectivity index (χ0n) is 15.6. The van der Waals surface area contributed by atoms with Gasteiger partial charge in [-0.15, -0.1) is 0 Å². The number of nitrogens with one attached hydrogen (secondary N) is 2. The molecule has 2 amide bonds. The van der Waals surface area contributed by atoms with Crippen LogP contribution in [0.15, 0.2) is 36.4 Å². The fraction of sp³-hybridized carbons (Fsp3) is 0.250. The van der Waals surface area contributed by atoms with Gasteiger partial charge in [0.2, 0.25) is 12.7 Å². The third-order valence-corrected chi connectivity index (χ3v) is 4.40. The van der Waals surface area contributed by atoms with Crippen LogP contribution in [-0.4, -0.2) is 37.7 Å². The van der Waals surface area contributed by atoms with E-state index in [4.69, 9.17) is 25.8 Å². The zero-order valence-corrected chi connectivity index (χ0v) is 16.4. The van der Waals surface area contributed by atoms with E-state index in [-0.39, 0.29) is 29.8 Å². The van der Waals surface area contributed by atoms with Crippen molar-refractivity contribution in [3.63, 3.8) is 0 Å². The van der Waals surface area contributed by atoms with Crippen LogP contribution < -0.4 is 20.1 Å². The van der Waals surface area contributed by atoms with Crippen molar-refractivity contribution in [2.75, 3.05) is 25.3 Å². The van der Waals surface area contributed by atoms with E-state index in [1.54, 1.807) is 6.07 Å². The molecule has 2 N–H and O–H groups in total. The number of hydrogen-bond acceptors (Lipinski definition) is 6. The number of amides is 2. The maximum Gasteiger partial charge on any atom is 0.338 e. The highest BCUT2D eigenvalue weighted by Crippen LogP contribution is 2.39. The molecule has 3 rings (SSSR count). The Morgan fingerprint density at radius 2 is 1.93 bits per heavy atom. The summed E-state index contributed by atoms with van der Waals surface area (Å²) in [7, 11) is 0. The van der Waals surface area contributed by atoms with Gasteiger partial charge in [-0.25, -0.2) is 4.79 Å². The molecule has 2 aromatic rings. The summed E-state index contributed by atoms with van der Waals surface area (Å²) in [5.74, 6) is -1.05. The molecule has 0 saturated heterocycles. The molecule has 2 aromatic carbocycles. The lowest BCUT2D eigenvalue weighted by Crippen LogP contribution is -2.35. The molecule has 9 heteroatoms. The molecule has 0 unspecified atom stereocenters. The second-order valence-corrected chi connectivity index (χ2v) is 6.51. The molecule has 0 spiro atoms. The monoisotopic (exact) mass is 418 g/mol. The third kappa shape index (κ3) is 5.17. The number of carbonyl (C=O) groups excluding carboxylic acids is 3. The molecule has 0 fully saturated rings. The second kappa shape index (κ2) is 9.29. The van der Waals surface area contributed by atoms with Gasteiger partial charge in [-0.2, -0.15) is 0 Å². The molecule has 1 aliphatic rings. The maximum absolute atomic E-state index is 12.1. The molecule has 0 aromatic heterocycles. The van der Waals surface area contributed by atoms with Crippen LogP contribution in [0.25, 0.3) is 0 Å². The van der Waals surface area contributed by atoms with Crippen LogP contribution in [0.3, 0.4) is 0 Å². The predicted molar refractivity (Wildman–Crippen MR) is 105 cm³/mol. The first-order chi connectivity index (χ1) is 14.0. The van der Waals surface area contributed by atoms with Crippen LogP contribution in [0.5, 0.6) is 11.5 Å². The molecule has 0 aliphatic carbocycles. The average molecular weight is 419 g/mol. The lowest BCUT2D eigenvalue weighted by molar-refractivity contribution is -0.126. The van der Waals surface area contributed by atoms with Gasteiger partial charge >= 0.3 is 5.97 Å². The van der Waals surface area contributed by atoms with Crippen molar-refractivity contribution >= 4 is 35.1 Å². The molecule has 152 valence electrons. The highest BCUT2D eigenvalue weighted by molar-refractivity contribution is 6.32. The zero-order chi connectivity index (χ0) is 20.8. The Morgan fingerprint density at radius 3 is 2.72 bits per heavy atom. The van der Waals surface area contributed by atoms with Crippen molar-refractivity contribution in [1.29, 1.82) is 0 Å². The number of anilines is 1. The minimum atomic E-state index is -0.748. The summed E-state index contributed by atoms with van der Waals surface area (Å²) in [5, 5.41) is 5.35. The van der Waals surface area contributed by atoms with Crippen molar-refractivity contribution in [3.8, 4) is 11.5 Å². The second-order valence-electron chi connectivity index (χ2n) is 6.10. The fourth-order valence-corrected chi connectivity index (χ4v) is 2.94. The smallest absolute Gasteiger partial charge is 0.338 e. The van der Waals surface area contributed by atoms with Crippen molar-refractivity contribution in [2.45, 2.75) is 13.3 Å². The quantitative estimate of drug-likeness (QED) is 0.670. The molecule has 0 atom stereocenters. The van der Waals surface area contributed by atoms with Crippen LogP contribution in [-0.2, 0) is 20.7 Å². The Labute approximate surface area is 172 Å². The van der Waals surface area contributed by atoms with Gasteiger partial charge in [0.25, 0.3) is 5.91 Å². The molecule has 0 bridgehead atoms. The molecule has 29 heavy (non-hydrogen) atoms. The summed E-state index contributed by atoms with van der Waals surface area (Å²) in [6.07, 6.45) is 0.767. The minimum Gasteiger partial charge on any atom is -0.454 e. The van der Waals surface area contributed by atoms with Gasteiger partial charge < -0.3 is 24.8 Å². The van der Waals surface area contributed by atoms with Crippen LogP contribution in [0, 0.1) is 0 Å². The van der Waals surface area contributed by atoms with Crippen molar-refractivity contribution in [3.05, 3.63) is 52.5 Å². The first-order valence-corrected chi connectivity index (χ1v) is 9.26. The topological polar surface area (TPSA) is 103 Å². The Kier molecular flexibility index (Phi) is 6.56. The van der Waals surface area contributed by atoms with Gasteiger partial charge in [-0.3, -0.25) is 9.59 Å². The van der Waals surface area contributed by atoms with Gasteiger partial charge in [-0.1, -0.05) is 36.7 Å². The van der Waals surface area contributed by atoms with Crippen LogP contribution >= 0.6 is 11.6 Å². The standard InChI is InChI=1S/C20H19ClN2O6/c1-2-12-5-3-4-6-15(12)23-17(24)9-22-18(25)10-27-20(26)13-7-14(21)19-16(8-13)28-11-29-19/h3-8H,2,9-11H2,1H3,(H,22,25)(H,23,24). The van der Waals surface area contributed by atoms with E-state index in [0.717, 1.165) is 12.0 Å². The third-order valence-electron chi connectivity index (χ3n) is 4.12. The summed E-state index contributed by atoms with van der Waals surface area (Å²) in [6.45, 7) is 1.21. The van der Waals surface area contributed by atoms with Crippen molar-refractivity contribution in [2.24, 2.45) is 0 Å². The number of carbonyl (C=O) groups is 3.